The molecule has 0 fully saturated rings. The molecule has 0 aliphatic carbocycles. The van der Waals surface area contributed by atoms with Gasteiger partial charge in [-0.3, -0.25) is 9.59 Å². The molecule has 1 amide bonds. The number of carbonyl (C=O) groups is 2. The minimum absolute atomic E-state index is 0.237. The predicted molar refractivity (Wildman–Crippen MR) is 67.5 cm³/mol. The van der Waals surface area contributed by atoms with Crippen molar-refractivity contribution in [2.45, 2.75) is 13.8 Å². The van der Waals surface area contributed by atoms with Gasteiger partial charge in [-0.1, -0.05) is 6.08 Å². The topological polar surface area (TPSA) is 57.6 Å². The van der Waals surface area contributed by atoms with Gasteiger partial charge in [0.1, 0.15) is 6.54 Å². The lowest BCUT2D eigenvalue weighted by atomic mass is 10.2. The molecule has 1 aromatic heterocycles. The number of hydrogen-bond donors (Lipinski definition) is 1. The van der Waals surface area contributed by atoms with E-state index in [0.717, 1.165) is 10.4 Å². The number of hydrogen-bond acceptors (Lipinski definition) is 3. The molecule has 1 rings (SSSR count). The zero-order valence-electron chi connectivity index (χ0n) is 9.90. The molecule has 1 aromatic rings. The Balaban J connectivity index is 2.90. The summed E-state index contributed by atoms with van der Waals surface area (Å²) in [5.74, 6) is -1.28. The van der Waals surface area contributed by atoms with Crippen molar-refractivity contribution in [2.24, 2.45) is 0 Å². The van der Waals surface area contributed by atoms with E-state index in [-0.39, 0.29) is 19.0 Å². The first kappa shape index (κ1) is 13.4. The molecule has 0 saturated carbocycles. The summed E-state index contributed by atoms with van der Waals surface area (Å²) in [6, 6.07) is 1.79. The molecule has 17 heavy (non-hydrogen) atoms. The molecular formula is C12H15NO3S. The van der Waals surface area contributed by atoms with Crippen LogP contribution in [0, 0.1) is 13.8 Å². The van der Waals surface area contributed by atoms with Crippen LogP contribution in [0.5, 0.6) is 0 Å². The van der Waals surface area contributed by atoms with E-state index in [1.54, 1.807) is 6.07 Å². The van der Waals surface area contributed by atoms with Gasteiger partial charge < -0.3 is 10.0 Å². The second-order valence-electron chi connectivity index (χ2n) is 3.72. The number of aliphatic carboxylic acids is 1. The molecule has 0 unspecified atom stereocenters. The number of amides is 1. The molecule has 0 atom stereocenters. The van der Waals surface area contributed by atoms with E-state index in [0.29, 0.717) is 4.88 Å². The van der Waals surface area contributed by atoms with Gasteiger partial charge in [-0.15, -0.1) is 17.9 Å². The van der Waals surface area contributed by atoms with Gasteiger partial charge in [0.2, 0.25) is 0 Å². The maximum Gasteiger partial charge on any atom is 0.323 e. The van der Waals surface area contributed by atoms with Gasteiger partial charge >= 0.3 is 5.97 Å². The second-order valence-corrected chi connectivity index (χ2v) is 4.97. The quantitative estimate of drug-likeness (QED) is 0.817. The van der Waals surface area contributed by atoms with E-state index in [1.807, 2.05) is 13.8 Å². The predicted octanol–water partition coefficient (Wildman–Crippen LogP) is 2.08. The van der Waals surface area contributed by atoms with Crippen molar-refractivity contribution in [1.82, 2.24) is 4.90 Å². The monoisotopic (exact) mass is 253 g/mol. The van der Waals surface area contributed by atoms with Crippen molar-refractivity contribution in [1.29, 1.82) is 0 Å². The fourth-order valence-electron chi connectivity index (χ4n) is 1.37. The lowest BCUT2D eigenvalue weighted by Gasteiger charge is -2.17. The first-order valence-corrected chi connectivity index (χ1v) is 5.96. The Kier molecular flexibility index (Phi) is 4.45. The zero-order chi connectivity index (χ0) is 13.0. The van der Waals surface area contributed by atoms with Crippen molar-refractivity contribution in [3.8, 4) is 0 Å². The molecule has 0 radical (unpaired) electrons. The average molecular weight is 253 g/mol. The third-order valence-corrected chi connectivity index (χ3v) is 3.48. The van der Waals surface area contributed by atoms with Crippen LogP contribution >= 0.6 is 11.3 Å². The highest BCUT2D eigenvalue weighted by atomic mass is 32.1. The standard InChI is InChI=1S/C12H15NO3S/c1-4-5-13(7-11(14)15)12(16)10-6-8(2)9(3)17-10/h4,6H,1,5,7H2,2-3H3,(H,14,15). The van der Waals surface area contributed by atoms with Crippen LogP contribution in [0.3, 0.4) is 0 Å². The van der Waals surface area contributed by atoms with Gasteiger partial charge in [0.05, 0.1) is 4.88 Å². The van der Waals surface area contributed by atoms with Crippen LogP contribution in [0.25, 0.3) is 0 Å². The highest BCUT2D eigenvalue weighted by Crippen LogP contribution is 2.22. The summed E-state index contributed by atoms with van der Waals surface area (Å²) >= 11 is 1.39. The molecule has 0 aliphatic rings. The molecule has 0 aliphatic heterocycles. The summed E-state index contributed by atoms with van der Waals surface area (Å²) in [6.07, 6.45) is 1.52. The lowest BCUT2D eigenvalue weighted by molar-refractivity contribution is -0.137. The molecular weight excluding hydrogens is 238 g/mol. The molecule has 5 heteroatoms. The van der Waals surface area contributed by atoms with E-state index in [2.05, 4.69) is 6.58 Å². The Morgan fingerprint density at radius 3 is 2.59 bits per heavy atom. The molecule has 1 N–H and O–H groups in total. The molecule has 0 aromatic carbocycles. The van der Waals surface area contributed by atoms with Crippen molar-refractivity contribution >= 4 is 23.2 Å². The second kappa shape index (κ2) is 5.63. The fraction of sp³-hybridized carbons (Fsp3) is 0.333. The summed E-state index contributed by atoms with van der Waals surface area (Å²) in [5.41, 5.74) is 1.05. The molecule has 4 nitrogen and oxygen atoms in total. The molecule has 1 heterocycles. The average Bonchev–Trinajstić information content (AvgIpc) is 2.57. The first-order valence-electron chi connectivity index (χ1n) is 5.14. The minimum atomic E-state index is -1.02. The summed E-state index contributed by atoms with van der Waals surface area (Å²) < 4.78 is 0. The van der Waals surface area contributed by atoms with Crippen molar-refractivity contribution < 1.29 is 14.7 Å². The van der Waals surface area contributed by atoms with Crippen LogP contribution in [0.1, 0.15) is 20.1 Å². The van der Waals surface area contributed by atoms with E-state index < -0.39 is 5.97 Å². The molecule has 0 bridgehead atoms. The number of carboxylic acids is 1. The Hall–Kier alpha value is -1.62. The molecule has 92 valence electrons. The molecule has 0 spiro atoms. The van der Waals surface area contributed by atoms with Gasteiger partial charge in [-0.2, -0.15) is 0 Å². The van der Waals surface area contributed by atoms with Crippen LogP contribution in [0.2, 0.25) is 0 Å². The van der Waals surface area contributed by atoms with Gasteiger partial charge in [0.15, 0.2) is 0 Å². The number of thiophene rings is 1. The SMILES string of the molecule is C=CCN(CC(=O)O)C(=O)c1cc(C)c(C)s1. The summed E-state index contributed by atoms with van der Waals surface area (Å²) in [6.45, 7) is 7.32. The van der Waals surface area contributed by atoms with Gasteiger partial charge in [0.25, 0.3) is 5.91 Å². The highest BCUT2D eigenvalue weighted by molar-refractivity contribution is 7.14. The maximum absolute atomic E-state index is 12.1. The Labute approximate surface area is 104 Å². The van der Waals surface area contributed by atoms with E-state index in [1.165, 1.54) is 22.3 Å². The fourth-order valence-corrected chi connectivity index (χ4v) is 2.37. The van der Waals surface area contributed by atoms with E-state index in [9.17, 15) is 9.59 Å². The summed E-state index contributed by atoms with van der Waals surface area (Å²) in [4.78, 5) is 25.6. The van der Waals surface area contributed by atoms with Crippen LogP contribution < -0.4 is 0 Å². The number of aryl methyl sites for hydroxylation is 2. The third-order valence-electron chi connectivity index (χ3n) is 2.34. The first-order chi connectivity index (χ1) is 7.95. The normalized spacial score (nSPS) is 10.0. The van der Waals surface area contributed by atoms with Crippen molar-refractivity contribution in [2.75, 3.05) is 13.1 Å². The van der Waals surface area contributed by atoms with Crippen LogP contribution in [0.15, 0.2) is 18.7 Å². The molecule has 0 saturated heterocycles. The minimum Gasteiger partial charge on any atom is -0.480 e. The van der Waals surface area contributed by atoms with Gasteiger partial charge in [-0.05, 0) is 25.5 Å². The number of carbonyl (C=O) groups excluding carboxylic acids is 1. The van der Waals surface area contributed by atoms with Crippen LogP contribution in [-0.2, 0) is 4.79 Å². The number of carboxylic acid groups (broad SMARTS) is 1. The summed E-state index contributed by atoms with van der Waals surface area (Å²) in [5, 5.41) is 8.74. The largest absolute Gasteiger partial charge is 0.480 e. The third kappa shape index (κ3) is 3.42. The number of rotatable bonds is 5. The van der Waals surface area contributed by atoms with Crippen LogP contribution in [-0.4, -0.2) is 35.0 Å². The smallest absolute Gasteiger partial charge is 0.323 e. The Morgan fingerprint density at radius 2 is 2.18 bits per heavy atom. The van der Waals surface area contributed by atoms with E-state index in [4.69, 9.17) is 5.11 Å². The van der Waals surface area contributed by atoms with Crippen molar-refractivity contribution in [3.05, 3.63) is 34.0 Å². The van der Waals surface area contributed by atoms with Crippen molar-refractivity contribution in [3.63, 3.8) is 0 Å². The van der Waals surface area contributed by atoms with Gasteiger partial charge in [0, 0.05) is 11.4 Å². The lowest BCUT2D eigenvalue weighted by Crippen LogP contribution is -2.35. The Morgan fingerprint density at radius 1 is 1.53 bits per heavy atom. The summed E-state index contributed by atoms with van der Waals surface area (Å²) in [7, 11) is 0. The number of nitrogens with zero attached hydrogens (tertiary/aromatic N) is 1. The maximum atomic E-state index is 12.1. The highest BCUT2D eigenvalue weighted by Gasteiger charge is 2.19. The zero-order valence-corrected chi connectivity index (χ0v) is 10.7. The van der Waals surface area contributed by atoms with E-state index >= 15 is 0 Å². The van der Waals surface area contributed by atoms with Crippen LogP contribution in [0.4, 0.5) is 0 Å². The van der Waals surface area contributed by atoms with Gasteiger partial charge in [-0.25, -0.2) is 0 Å². The Bertz CT molecular complexity index is 431.